The molecule has 0 amide bonds. The highest BCUT2D eigenvalue weighted by Gasteiger charge is 2.37. The molecule has 3 heteroatoms. The highest BCUT2D eigenvalue weighted by Crippen LogP contribution is 2.38. The summed E-state index contributed by atoms with van der Waals surface area (Å²) in [4.78, 5) is 10.3. The summed E-state index contributed by atoms with van der Waals surface area (Å²) in [6.07, 6.45) is 3.49. The molecule has 1 rings (SSSR count). The molecule has 13 heavy (non-hydrogen) atoms. The van der Waals surface area contributed by atoms with Gasteiger partial charge in [0.25, 0.3) is 0 Å². The van der Waals surface area contributed by atoms with Gasteiger partial charge in [0.1, 0.15) is 5.60 Å². The van der Waals surface area contributed by atoms with E-state index >= 15 is 0 Å². The fourth-order valence-corrected chi connectivity index (χ4v) is 2.16. The first kappa shape index (κ1) is 10.5. The minimum Gasteiger partial charge on any atom is -0.434 e. The van der Waals surface area contributed by atoms with Crippen molar-refractivity contribution in [3.63, 3.8) is 0 Å². The Labute approximate surface area is 78.5 Å². The minimum atomic E-state index is -1.64. The van der Waals surface area contributed by atoms with Gasteiger partial charge >= 0.3 is 6.22 Å². The van der Waals surface area contributed by atoms with Gasteiger partial charge in [-0.2, -0.15) is 0 Å². The molecule has 0 bridgehead atoms. The largest absolute Gasteiger partial charge is 0.495 e. The molecule has 76 valence electrons. The predicted octanol–water partition coefficient (Wildman–Crippen LogP) is 3.45. The number of hydrogen-bond acceptors (Lipinski definition) is 2. The molecular formula is C10H17FO2. The summed E-state index contributed by atoms with van der Waals surface area (Å²) in [5, 5.41) is 0. The van der Waals surface area contributed by atoms with Gasteiger partial charge in [0.15, 0.2) is 0 Å². The van der Waals surface area contributed by atoms with Crippen molar-refractivity contribution in [3.05, 3.63) is 0 Å². The van der Waals surface area contributed by atoms with E-state index in [0.29, 0.717) is 12.3 Å². The molecule has 0 aliphatic heterocycles. The van der Waals surface area contributed by atoms with Gasteiger partial charge in [-0.15, -0.1) is 4.39 Å². The summed E-state index contributed by atoms with van der Waals surface area (Å²) >= 11 is 0. The average molecular weight is 188 g/mol. The Balaban J connectivity index is 2.61. The van der Waals surface area contributed by atoms with Gasteiger partial charge < -0.3 is 4.74 Å². The van der Waals surface area contributed by atoms with Gasteiger partial charge in [0, 0.05) is 0 Å². The lowest BCUT2D eigenvalue weighted by Crippen LogP contribution is -2.36. The number of carbonyl (C=O) groups excluding carboxylic acids is 1. The normalized spacial score (nSPS) is 22.7. The van der Waals surface area contributed by atoms with E-state index in [0.717, 1.165) is 12.8 Å². The summed E-state index contributed by atoms with van der Waals surface area (Å²) in [7, 11) is 0. The van der Waals surface area contributed by atoms with Crippen molar-refractivity contribution in [1.29, 1.82) is 0 Å². The van der Waals surface area contributed by atoms with Crippen LogP contribution in [0.4, 0.5) is 9.18 Å². The molecule has 0 radical (unpaired) electrons. The molecule has 1 aliphatic rings. The second kappa shape index (κ2) is 4.07. The first-order chi connectivity index (χ1) is 6.08. The Hall–Kier alpha value is -0.600. The third-order valence-electron chi connectivity index (χ3n) is 3.23. The van der Waals surface area contributed by atoms with Gasteiger partial charge in [0.2, 0.25) is 0 Å². The summed E-state index contributed by atoms with van der Waals surface area (Å²) in [6.45, 7) is 3.77. The van der Waals surface area contributed by atoms with Crippen LogP contribution in [0, 0.1) is 5.92 Å². The summed E-state index contributed by atoms with van der Waals surface area (Å²) in [5.74, 6) is 0.345. The fourth-order valence-electron chi connectivity index (χ4n) is 2.16. The van der Waals surface area contributed by atoms with Crippen LogP contribution < -0.4 is 0 Å². The maximum absolute atomic E-state index is 12.2. The van der Waals surface area contributed by atoms with Crippen LogP contribution >= 0.6 is 0 Å². The Morgan fingerprint density at radius 1 is 1.54 bits per heavy atom. The number of hydrogen-bond donors (Lipinski definition) is 0. The van der Waals surface area contributed by atoms with Crippen LogP contribution in [0.1, 0.15) is 46.0 Å². The van der Waals surface area contributed by atoms with Gasteiger partial charge in [-0.25, -0.2) is 4.79 Å². The third-order valence-corrected chi connectivity index (χ3v) is 3.23. The Kier molecular flexibility index (Phi) is 3.28. The molecule has 1 aliphatic carbocycles. The minimum absolute atomic E-state index is 0.345. The molecule has 2 nitrogen and oxygen atoms in total. The van der Waals surface area contributed by atoms with E-state index in [1.807, 2.05) is 13.8 Å². The SMILES string of the molecule is CCC(C)(OC(=O)F)C1CCCC1. The summed E-state index contributed by atoms with van der Waals surface area (Å²) < 4.78 is 16.9. The number of ether oxygens (including phenoxy) is 1. The molecule has 0 saturated heterocycles. The maximum Gasteiger partial charge on any atom is 0.495 e. The molecule has 0 aromatic carbocycles. The zero-order valence-electron chi connectivity index (χ0n) is 8.31. The van der Waals surface area contributed by atoms with E-state index in [1.165, 1.54) is 12.8 Å². The van der Waals surface area contributed by atoms with Crippen molar-refractivity contribution in [1.82, 2.24) is 0 Å². The molecular weight excluding hydrogens is 171 g/mol. The predicted molar refractivity (Wildman–Crippen MR) is 48.2 cm³/mol. The monoisotopic (exact) mass is 188 g/mol. The van der Waals surface area contributed by atoms with Gasteiger partial charge in [-0.3, -0.25) is 0 Å². The van der Waals surface area contributed by atoms with Gasteiger partial charge in [-0.1, -0.05) is 19.8 Å². The van der Waals surface area contributed by atoms with E-state index < -0.39 is 11.8 Å². The maximum atomic E-state index is 12.2. The van der Waals surface area contributed by atoms with E-state index in [4.69, 9.17) is 4.74 Å². The molecule has 1 unspecified atom stereocenters. The molecule has 1 saturated carbocycles. The van der Waals surface area contributed by atoms with Crippen LogP contribution in [0.3, 0.4) is 0 Å². The number of halogens is 1. The van der Waals surface area contributed by atoms with Crippen molar-refractivity contribution in [2.24, 2.45) is 5.92 Å². The van der Waals surface area contributed by atoms with Crippen molar-refractivity contribution in [2.75, 3.05) is 0 Å². The van der Waals surface area contributed by atoms with Gasteiger partial charge in [-0.05, 0) is 32.1 Å². The quantitative estimate of drug-likeness (QED) is 0.634. The molecule has 0 N–H and O–H groups in total. The topological polar surface area (TPSA) is 26.3 Å². The third kappa shape index (κ3) is 2.42. The molecule has 1 fully saturated rings. The first-order valence-corrected chi connectivity index (χ1v) is 4.97. The highest BCUT2D eigenvalue weighted by molar-refractivity contribution is 5.58. The second-order valence-electron chi connectivity index (χ2n) is 3.99. The second-order valence-corrected chi connectivity index (χ2v) is 3.99. The fraction of sp³-hybridized carbons (Fsp3) is 0.900. The van der Waals surface area contributed by atoms with E-state index in [9.17, 15) is 9.18 Å². The number of rotatable bonds is 3. The smallest absolute Gasteiger partial charge is 0.434 e. The Morgan fingerprint density at radius 2 is 2.08 bits per heavy atom. The van der Waals surface area contributed by atoms with Crippen molar-refractivity contribution < 1.29 is 13.9 Å². The van der Waals surface area contributed by atoms with Crippen LogP contribution in [0.25, 0.3) is 0 Å². The van der Waals surface area contributed by atoms with Crippen molar-refractivity contribution >= 4 is 6.22 Å². The zero-order chi connectivity index (χ0) is 9.90. The van der Waals surface area contributed by atoms with E-state index in [-0.39, 0.29) is 0 Å². The van der Waals surface area contributed by atoms with Gasteiger partial charge in [0.05, 0.1) is 0 Å². The van der Waals surface area contributed by atoms with Crippen molar-refractivity contribution in [2.45, 2.75) is 51.6 Å². The molecule has 0 heterocycles. The standard InChI is InChI=1S/C10H17FO2/c1-3-10(2,13-9(11)12)8-6-4-5-7-8/h8H,3-7H2,1-2H3. The Bertz CT molecular complexity index is 187. The molecule has 0 spiro atoms. The van der Waals surface area contributed by atoms with Crippen LogP contribution in [0.2, 0.25) is 0 Å². The van der Waals surface area contributed by atoms with Crippen LogP contribution in [0.5, 0.6) is 0 Å². The lowest BCUT2D eigenvalue weighted by atomic mass is 9.85. The lowest BCUT2D eigenvalue weighted by Gasteiger charge is -2.32. The zero-order valence-corrected chi connectivity index (χ0v) is 8.31. The van der Waals surface area contributed by atoms with Crippen molar-refractivity contribution in [3.8, 4) is 0 Å². The van der Waals surface area contributed by atoms with Crippen LogP contribution in [-0.2, 0) is 4.74 Å². The number of carbonyl (C=O) groups is 1. The molecule has 0 aromatic rings. The van der Waals surface area contributed by atoms with E-state index in [1.54, 1.807) is 0 Å². The highest BCUT2D eigenvalue weighted by atomic mass is 19.1. The average Bonchev–Trinajstić information content (AvgIpc) is 2.55. The van der Waals surface area contributed by atoms with Crippen LogP contribution in [-0.4, -0.2) is 11.8 Å². The Morgan fingerprint density at radius 3 is 2.46 bits per heavy atom. The lowest BCUT2D eigenvalue weighted by molar-refractivity contribution is -0.0334. The molecule has 0 aromatic heterocycles. The molecule has 1 atom stereocenters. The first-order valence-electron chi connectivity index (χ1n) is 4.97. The van der Waals surface area contributed by atoms with E-state index in [2.05, 4.69) is 0 Å². The summed E-state index contributed by atoms with van der Waals surface area (Å²) in [6, 6.07) is 0. The van der Waals surface area contributed by atoms with Crippen LogP contribution in [0.15, 0.2) is 0 Å². The summed E-state index contributed by atoms with van der Waals surface area (Å²) in [5.41, 5.74) is -0.581.